The molecule has 5 nitrogen and oxygen atoms in total. The summed E-state index contributed by atoms with van der Waals surface area (Å²) in [5.74, 6) is -0.775. The van der Waals surface area contributed by atoms with Crippen molar-refractivity contribution < 1.29 is 23.1 Å². The molecular formula is C12H14F3N3O2. The molecule has 1 aromatic rings. The molecule has 0 spiro atoms. The topological polar surface area (TPSA) is 79.5 Å². The van der Waals surface area contributed by atoms with Gasteiger partial charge in [0.25, 0.3) is 0 Å². The number of nitrogens with zero attached hydrogens (tertiary/aromatic N) is 2. The van der Waals surface area contributed by atoms with E-state index in [2.05, 4.69) is 4.98 Å². The first-order valence-corrected chi connectivity index (χ1v) is 6.03. The van der Waals surface area contributed by atoms with E-state index in [-0.39, 0.29) is 12.8 Å². The molecule has 3 N–H and O–H groups in total. The molecule has 0 atom stereocenters. The van der Waals surface area contributed by atoms with Gasteiger partial charge in [-0.25, -0.2) is 4.98 Å². The van der Waals surface area contributed by atoms with Crippen LogP contribution in [0.3, 0.4) is 0 Å². The Bertz CT molecular complexity index is 494. The minimum Gasteiger partial charge on any atom is -0.380 e. The third-order valence-electron chi connectivity index (χ3n) is 3.45. The van der Waals surface area contributed by atoms with E-state index in [1.807, 2.05) is 0 Å². The molecule has 1 saturated heterocycles. The number of piperidine rings is 1. The molecule has 1 aromatic heterocycles. The first-order valence-electron chi connectivity index (χ1n) is 6.03. The molecule has 1 aliphatic heterocycles. The number of hydrogen-bond donors (Lipinski definition) is 2. The fourth-order valence-corrected chi connectivity index (χ4v) is 2.12. The minimum absolute atomic E-state index is 0.142. The van der Waals surface area contributed by atoms with Gasteiger partial charge in [-0.2, -0.15) is 13.2 Å². The van der Waals surface area contributed by atoms with Crippen molar-refractivity contribution in [3.63, 3.8) is 0 Å². The zero-order chi connectivity index (χ0) is 15.0. The number of carbonyl (C=O) groups excluding carboxylic acids is 1. The zero-order valence-electron chi connectivity index (χ0n) is 10.5. The van der Waals surface area contributed by atoms with Gasteiger partial charge >= 0.3 is 6.18 Å². The summed E-state index contributed by atoms with van der Waals surface area (Å²) in [4.78, 5) is 16.2. The van der Waals surface area contributed by atoms with Crippen LogP contribution in [-0.2, 0) is 11.0 Å². The van der Waals surface area contributed by atoms with Crippen LogP contribution < -0.4 is 10.6 Å². The fraction of sp³-hybridized carbons (Fsp3) is 0.500. The highest BCUT2D eigenvalue weighted by Gasteiger charge is 2.38. The van der Waals surface area contributed by atoms with Crippen LogP contribution in [0.1, 0.15) is 18.5 Å². The van der Waals surface area contributed by atoms with Crippen molar-refractivity contribution in [1.29, 1.82) is 0 Å². The van der Waals surface area contributed by atoms with Crippen molar-refractivity contribution in [1.82, 2.24) is 4.98 Å². The molecule has 0 saturated carbocycles. The van der Waals surface area contributed by atoms with Crippen molar-refractivity contribution in [2.45, 2.75) is 24.6 Å². The van der Waals surface area contributed by atoms with E-state index in [4.69, 9.17) is 5.73 Å². The lowest BCUT2D eigenvalue weighted by molar-refractivity contribution is -0.141. The average molecular weight is 289 g/mol. The van der Waals surface area contributed by atoms with E-state index < -0.39 is 23.4 Å². The van der Waals surface area contributed by atoms with Gasteiger partial charge in [0.2, 0.25) is 5.91 Å². The highest BCUT2D eigenvalue weighted by molar-refractivity contribution is 5.83. The Balaban J connectivity index is 2.06. The van der Waals surface area contributed by atoms with Crippen LogP contribution in [0.4, 0.5) is 18.9 Å². The molecule has 0 aromatic carbocycles. The van der Waals surface area contributed by atoms with E-state index >= 15 is 0 Å². The van der Waals surface area contributed by atoms with Crippen LogP contribution in [0.2, 0.25) is 0 Å². The summed E-state index contributed by atoms with van der Waals surface area (Å²) in [5, 5.41) is 9.90. The lowest BCUT2D eigenvalue weighted by atomic mass is 9.90. The summed E-state index contributed by atoms with van der Waals surface area (Å²) in [6.45, 7) is 0.652. The maximum Gasteiger partial charge on any atom is 0.433 e. The zero-order valence-corrected chi connectivity index (χ0v) is 10.5. The molecule has 0 bridgehead atoms. The second-order valence-electron chi connectivity index (χ2n) is 4.78. The third-order valence-corrected chi connectivity index (χ3v) is 3.45. The molecule has 0 unspecified atom stereocenters. The molecule has 8 heteroatoms. The van der Waals surface area contributed by atoms with Gasteiger partial charge in [0.1, 0.15) is 11.3 Å². The predicted molar refractivity (Wildman–Crippen MR) is 64.8 cm³/mol. The Morgan fingerprint density at radius 3 is 2.35 bits per heavy atom. The van der Waals surface area contributed by atoms with Crippen molar-refractivity contribution in [2.24, 2.45) is 5.73 Å². The Kier molecular flexibility index (Phi) is 3.59. The quantitative estimate of drug-likeness (QED) is 0.848. The van der Waals surface area contributed by atoms with E-state index in [1.165, 1.54) is 6.07 Å². The Labute approximate surface area is 113 Å². The number of hydrogen-bond acceptors (Lipinski definition) is 4. The molecule has 1 amide bonds. The van der Waals surface area contributed by atoms with E-state index in [1.54, 1.807) is 4.90 Å². The first kappa shape index (κ1) is 14.6. The van der Waals surface area contributed by atoms with Crippen LogP contribution >= 0.6 is 0 Å². The molecule has 0 aliphatic carbocycles. The molecular weight excluding hydrogens is 275 g/mol. The lowest BCUT2D eigenvalue weighted by Gasteiger charge is -2.37. The minimum atomic E-state index is -4.47. The smallest absolute Gasteiger partial charge is 0.380 e. The number of alkyl halides is 3. The van der Waals surface area contributed by atoms with E-state index in [0.717, 1.165) is 12.3 Å². The van der Waals surface area contributed by atoms with Crippen LogP contribution in [0.5, 0.6) is 0 Å². The van der Waals surface area contributed by atoms with Gasteiger partial charge in [-0.15, -0.1) is 0 Å². The van der Waals surface area contributed by atoms with Gasteiger partial charge in [0, 0.05) is 25.9 Å². The normalized spacial score (nSPS) is 18.9. The standard InChI is InChI=1S/C12H14F3N3O2/c13-12(14,15)9-2-1-8(7-17-9)18-5-3-11(20,4-6-18)10(16)19/h1-2,7,20H,3-6H2,(H2,16,19). The summed E-state index contributed by atoms with van der Waals surface area (Å²) in [7, 11) is 0. The first-order chi connectivity index (χ1) is 9.22. The Morgan fingerprint density at radius 2 is 1.95 bits per heavy atom. The molecule has 1 aliphatic rings. The summed E-state index contributed by atoms with van der Waals surface area (Å²) in [6.07, 6.45) is -3.04. The van der Waals surface area contributed by atoms with Crippen LogP contribution in [0.15, 0.2) is 18.3 Å². The summed E-state index contributed by atoms with van der Waals surface area (Å²) >= 11 is 0. The van der Waals surface area contributed by atoms with Gasteiger partial charge < -0.3 is 15.7 Å². The molecule has 2 heterocycles. The second-order valence-corrected chi connectivity index (χ2v) is 4.78. The number of nitrogens with two attached hydrogens (primary N) is 1. The molecule has 1 fully saturated rings. The lowest BCUT2D eigenvalue weighted by Crippen LogP contribution is -2.52. The van der Waals surface area contributed by atoms with Crippen molar-refractivity contribution >= 4 is 11.6 Å². The van der Waals surface area contributed by atoms with Gasteiger partial charge in [0.15, 0.2) is 0 Å². The van der Waals surface area contributed by atoms with Crippen molar-refractivity contribution in [3.05, 3.63) is 24.0 Å². The van der Waals surface area contributed by atoms with Crippen molar-refractivity contribution in [2.75, 3.05) is 18.0 Å². The van der Waals surface area contributed by atoms with Crippen LogP contribution in [0, 0.1) is 0 Å². The Hall–Kier alpha value is -1.83. The van der Waals surface area contributed by atoms with Crippen LogP contribution in [0.25, 0.3) is 0 Å². The fourth-order valence-electron chi connectivity index (χ4n) is 2.12. The summed E-state index contributed by atoms with van der Waals surface area (Å²) < 4.78 is 37.2. The van der Waals surface area contributed by atoms with Gasteiger partial charge in [-0.05, 0) is 12.1 Å². The molecule has 2 rings (SSSR count). The van der Waals surface area contributed by atoms with Gasteiger partial charge in [-0.3, -0.25) is 4.79 Å². The average Bonchev–Trinajstić information content (AvgIpc) is 2.38. The predicted octanol–water partition coefficient (Wildman–Crippen LogP) is 0.917. The molecule has 0 radical (unpaired) electrons. The summed E-state index contributed by atoms with van der Waals surface area (Å²) in [5.41, 5.74) is 3.14. The number of aromatic nitrogens is 1. The maximum atomic E-state index is 12.4. The van der Waals surface area contributed by atoms with E-state index in [9.17, 15) is 23.1 Å². The van der Waals surface area contributed by atoms with E-state index in [0.29, 0.717) is 18.8 Å². The number of halogens is 3. The largest absolute Gasteiger partial charge is 0.433 e. The highest BCUT2D eigenvalue weighted by atomic mass is 19.4. The number of pyridine rings is 1. The number of rotatable bonds is 2. The highest BCUT2D eigenvalue weighted by Crippen LogP contribution is 2.30. The Morgan fingerprint density at radius 1 is 1.35 bits per heavy atom. The second kappa shape index (κ2) is 4.93. The number of primary amides is 1. The van der Waals surface area contributed by atoms with Gasteiger partial charge in [-0.1, -0.05) is 0 Å². The van der Waals surface area contributed by atoms with Crippen LogP contribution in [-0.4, -0.2) is 34.7 Å². The monoisotopic (exact) mass is 289 g/mol. The third kappa shape index (κ3) is 2.84. The number of aliphatic hydroxyl groups is 1. The number of anilines is 1. The molecule has 20 heavy (non-hydrogen) atoms. The maximum absolute atomic E-state index is 12.4. The van der Waals surface area contributed by atoms with Gasteiger partial charge in [0.05, 0.1) is 11.9 Å². The van der Waals surface area contributed by atoms with Crippen molar-refractivity contribution in [3.8, 4) is 0 Å². The number of amides is 1. The molecule has 110 valence electrons. The SMILES string of the molecule is NC(=O)C1(O)CCN(c2ccc(C(F)(F)F)nc2)CC1. The summed E-state index contributed by atoms with van der Waals surface area (Å²) in [6, 6.07) is 2.23. The number of carbonyl (C=O) groups is 1.